The number of carbonyl (C=O) groups is 7. The predicted molar refractivity (Wildman–Crippen MR) is 239 cm³/mol. The lowest BCUT2D eigenvalue weighted by atomic mass is 9.84. The third-order valence-electron chi connectivity index (χ3n) is 12.6. The molecule has 1 heterocycles. The molecule has 15 heteroatoms. The predicted octanol–water partition coefficient (Wildman–Crippen LogP) is 5.50. The van der Waals surface area contributed by atoms with E-state index in [4.69, 9.17) is 4.74 Å². The monoisotopic (exact) mass is 872 g/mol. The number of likely N-dealkylation sites (N-methyl/N-ethyl adjacent to an activating group) is 3. The highest BCUT2D eigenvalue weighted by Gasteiger charge is 2.46. The first kappa shape index (κ1) is 54.1. The van der Waals surface area contributed by atoms with Gasteiger partial charge in [-0.15, -0.1) is 0 Å². The number of cyclic esters (lactones) is 1. The van der Waals surface area contributed by atoms with Gasteiger partial charge >= 0.3 is 5.97 Å². The lowest BCUT2D eigenvalue weighted by molar-refractivity contribution is -0.164. The summed E-state index contributed by atoms with van der Waals surface area (Å²) in [5.41, 5.74) is -1.72. The Morgan fingerprint density at radius 1 is 0.790 bits per heavy atom. The maximum absolute atomic E-state index is 15.0. The Labute approximate surface area is 372 Å². The fraction of sp³-hybridized carbons (Fsp3) is 0.830. The number of carbonyl (C=O) groups excluding carboxylic acids is 7. The van der Waals surface area contributed by atoms with Gasteiger partial charge in [0.2, 0.25) is 23.6 Å². The smallest absolute Gasteiger partial charge is 0.329 e. The minimum Gasteiger partial charge on any atom is -0.451 e. The van der Waals surface area contributed by atoms with E-state index >= 15 is 4.79 Å². The number of esters is 1. The molecule has 0 radical (unpaired) electrons. The van der Waals surface area contributed by atoms with Crippen molar-refractivity contribution in [3.05, 3.63) is 0 Å². The first-order valence-electron chi connectivity index (χ1n) is 23.4. The van der Waals surface area contributed by atoms with E-state index in [1.807, 2.05) is 54.5 Å². The second-order valence-corrected chi connectivity index (χ2v) is 19.6. The van der Waals surface area contributed by atoms with Crippen LogP contribution in [0.15, 0.2) is 0 Å². The maximum Gasteiger partial charge on any atom is 0.329 e. The molecule has 1 saturated heterocycles. The standard InChI is InChI=1S/C47H81N7O8/c1-13-14-19-33(8)26-37-43(58)52(10)34(9)46(61)62-40(22-18-23-48)42(57)50-36(24-30(2)3)45(60)54(12)47(29-55,28-32(6)7)51-38(25-31(4)5)44(59)53(11)39(41(56)49-37)27-35-20-16-15-17-21-35/h29-40,51H,13-22,24-28H2,1-12H3,(H,49,56)(H,50,57)/t33?,34?,36?,37-,38?,39?,40?,47?/m0/s1. The summed E-state index contributed by atoms with van der Waals surface area (Å²) < 4.78 is 5.76. The molecule has 2 rings (SSSR count). The molecule has 5 amide bonds. The molecule has 1 aliphatic heterocycles. The molecule has 1 saturated carbocycles. The SMILES string of the molecule is CCCCC(C)C[C@@H]1NC(=O)C(CC2CCCCC2)N(C)C(=O)C(CC(C)C)NC(C=O)(CC(C)C)N(C)C(=O)C(CC(C)C)NC(=O)C(CCC#N)OC(=O)C(C)N(C)C1=O. The van der Waals surface area contributed by atoms with Gasteiger partial charge in [0, 0.05) is 34.0 Å². The minimum absolute atomic E-state index is 0.0242. The van der Waals surface area contributed by atoms with Crippen LogP contribution in [0.2, 0.25) is 0 Å². The third-order valence-corrected chi connectivity index (χ3v) is 12.6. The maximum atomic E-state index is 15.0. The zero-order valence-corrected chi connectivity index (χ0v) is 40.1. The zero-order valence-electron chi connectivity index (χ0n) is 40.1. The summed E-state index contributed by atoms with van der Waals surface area (Å²) in [6, 6.07) is -3.44. The average molecular weight is 872 g/mol. The fourth-order valence-corrected chi connectivity index (χ4v) is 8.87. The number of rotatable bonds is 16. The molecule has 7 unspecified atom stereocenters. The summed E-state index contributed by atoms with van der Waals surface area (Å²) in [4.78, 5) is 104. The quantitative estimate of drug-likeness (QED) is 0.132. The Hall–Kier alpha value is -4.06. The summed E-state index contributed by atoms with van der Waals surface area (Å²) >= 11 is 0. The molecule has 15 nitrogen and oxygen atoms in total. The Kier molecular flexibility index (Phi) is 22.6. The number of nitrogens with zero attached hydrogens (tertiary/aromatic N) is 4. The Morgan fingerprint density at radius 3 is 1.90 bits per heavy atom. The molecule has 8 atom stereocenters. The van der Waals surface area contributed by atoms with E-state index in [-0.39, 0.29) is 68.1 Å². The zero-order chi connectivity index (χ0) is 46.9. The lowest BCUT2D eigenvalue weighted by Gasteiger charge is -2.44. The van der Waals surface area contributed by atoms with Crippen molar-refractivity contribution in [1.29, 1.82) is 5.26 Å². The van der Waals surface area contributed by atoms with Crippen LogP contribution >= 0.6 is 0 Å². The molecule has 0 aromatic rings. The Bertz CT molecular complexity index is 1540. The summed E-state index contributed by atoms with van der Waals surface area (Å²) in [6.07, 6.45) is 7.64. The van der Waals surface area contributed by atoms with Gasteiger partial charge in [-0.05, 0) is 68.6 Å². The number of aldehydes is 1. The molecule has 0 aromatic carbocycles. The molecule has 0 aromatic heterocycles. The highest BCUT2D eigenvalue weighted by molar-refractivity contribution is 5.96. The van der Waals surface area contributed by atoms with Gasteiger partial charge in [0.05, 0.1) is 12.1 Å². The van der Waals surface area contributed by atoms with Crippen LogP contribution in [0.4, 0.5) is 0 Å². The highest BCUT2D eigenvalue weighted by Crippen LogP contribution is 2.30. The third kappa shape index (κ3) is 15.9. The number of nitrogens with one attached hydrogen (secondary N) is 3. The fourth-order valence-electron chi connectivity index (χ4n) is 8.87. The van der Waals surface area contributed by atoms with Crippen LogP contribution in [-0.2, 0) is 38.3 Å². The van der Waals surface area contributed by atoms with Crippen molar-refractivity contribution in [3.8, 4) is 6.07 Å². The highest BCUT2D eigenvalue weighted by atomic mass is 16.5. The van der Waals surface area contributed by atoms with E-state index in [0.717, 1.165) is 51.4 Å². The Morgan fingerprint density at radius 2 is 1.35 bits per heavy atom. The molecular weight excluding hydrogens is 791 g/mol. The lowest BCUT2D eigenvalue weighted by Crippen LogP contribution is -2.69. The van der Waals surface area contributed by atoms with E-state index in [2.05, 4.69) is 22.9 Å². The van der Waals surface area contributed by atoms with Gasteiger partial charge in [-0.25, -0.2) is 4.79 Å². The molecule has 2 fully saturated rings. The van der Waals surface area contributed by atoms with Crippen molar-refractivity contribution in [2.75, 3.05) is 21.1 Å². The largest absolute Gasteiger partial charge is 0.451 e. The van der Waals surface area contributed by atoms with Crippen molar-refractivity contribution in [2.45, 2.75) is 201 Å². The summed E-state index contributed by atoms with van der Waals surface area (Å²) in [5, 5.41) is 18.6. The first-order valence-corrected chi connectivity index (χ1v) is 23.4. The van der Waals surface area contributed by atoms with E-state index in [1.165, 1.54) is 35.7 Å². The van der Waals surface area contributed by atoms with Crippen molar-refractivity contribution >= 4 is 41.8 Å². The number of hydrogen-bond acceptors (Lipinski definition) is 10. The van der Waals surface area contributed by atoms with Gasteiger partial charge < -0.3 is 30.1 Å². The van der Waals surface area contributed by atoms with Crippen LogP contribution in [-0.4, -0.2) is 120 Å². The van der Waals surface area contributed by atoms with Crippen LogP contribution in [0.5, 0.6) is 0 Å². The van der Waals surface area contributed by atoms with Crippen LogP contribution in [0, 0.1) is 40.9 Å². The molecule has 352 valence electrons. The van der Waals surface area contributed by atoms with E-state index in [1.54, 1.807) is 7.05 Å². The second kappa shape index (κ2) is 25.9. The molecule has 3 N–H and O–H groups in total. The molecule has 2 aliphatic rings. The topological polar surface area (TPSA) is 198 Å². The molecule has 0 bridgehead atoms. The first-order chi connectivity index (χ1) is 29.1. The number of ether oxygens (including phenoxy) is 1. The average Bonchev–Trinajstić information content (AvgIpc) is 3.22. The number of nitriles is 1. The number of hydrogen-bond donors (Lipinski definition) is 3. The normalized spacial score (nSPS) is 27.9. The van der Waals surface area contributed by atoms with Gasteiger partial charge in [-0.3, -0.25) is 34.1 Å². The minimum atomic E-state index is -1.72. The van der Waals surface area contributed by atoms with E-state index in [9.17, 15) is 34.0 Å². The van der Waals surface area contributed by atoms with Crippen LogP contribution in [0.25, 0.3) is 0 Å². The number of unbranched alkanes of at least 4 members (excludes halogenated alkanes) is 1. The molecule has 62 heavy (non-hydrogen) atoms. The molecule has 1 aliphatic carbocycles. The summed E-state index contributed by atoms with van der Waals surface area (Å²) in [5.74, 6) is -3.89. The van der Waals surface area contributed by atoms with Crippen LogP contribution < -0.4 is 16.0 Å². The molecule has 0 spiro atoms. The summed E-state index contributed by atoms with van der Waals surface area (Å²) in [7, 11) is 4.51. The van der Waals surface area contributed by atoms with Gasteiger partial charge in [0.15, 0.2) is 18.1 Å². The number of amides is 5. The van der Waals surface area contributed by atoms with E-state index < -0.39 is 77.5 Å². The van der Waals surface area contributed by atoms with E-state index in [0.29, 0.717) is 12.7 Å². The van der Waals surface area contributed by atoms with Crippen molar-refractivity contribution in [2.24, 2.45) is 29.6 Å². The van der Waals surface area contributed by atoms with Crippen molar-refractivity contribution in [3.63, 3.8) is 0 Å². The molecular formula is C47H81N7O8. The van der Waals surface area contributed by atoms with Gasteiger partial charge in [0.25, 0.3) is 5.91 Å². The van der Waals surface area contributed by atoms with Gasteiger partial charge in [0.1, 0.15) is 24.2 Å². The van der Waals surface area contributed by atoms with Crippen molar-refractivity contribution < 1.29 is 38.3 Å². The van der Waals surface area contributed by atoms with Crippen LogP contribution in [0.3, 0.4) is 0 Å². The Balaban J connectivity index is 2.93. The summed E-state index contributed by atoms with van der Waals surface area (Å²) in [6.45, 7) is 17.0. The van der Waals surface area contributed by atoms with Crippen LogP contribution in [0.1, 0.15) is 159 Å². The van der Waals surface area contributed by atoms with Gasteiger partial charge in [-0.2, -0.15) is 5.26 Å². The second-order valence-electron chi connectivity index (χ2n) is 19.6. The van der Waals surface area contributed by atoms with Crippen molar-refractivity contribution in [1.82, 2.24) is 30.7 Å². The van der Waals surface area contributed by atoms with Gasteiger partial charge in [-0.1, -0.05) is 107 Å².